The second-order valence-electron chi connectivity index (χ2n) is 3.88. The molecule has 0 aliphatic carbocycles. The second kappa shape index (κ2) is 5.18. The Labute approximate surface area is 123 Å². The minimum Gasteiger partial charge on any atom is -0.368 e. The monoisotopic (exact) mass is 362 g/mol. The molecule has 0 aliphatic heterocycles. The molecule has 0 saturated carbocycles. The number of hydrogen-bond acceptors (Lipinski definition) is 6. The van der Waals surface area contributed by atoms with Crippen molar-refractivity contribution < 1.29 is 12.9 Å². The standard InChI is InChI=1S/C11H11BrN2O3S2/c1-18-11-7(12)3-6(4-9(11)19(2,15)16)8-5-10(13)17-14-8/h3-5H,13H2,1-2H3. The molecule has 0 bridgehead atoms. The van der Waals surface area contributed by atoms with Crippen LogP contribution in [-0.2, 0) is 9.84 Å². The summed E-state index contributed by atoms with van der Waals surface area (Å²) in [6.07, 6.45) is 3.00. The Morgan fingerprint density at radius 3 is 2.53 bits per heavy atom. The lowest BCUT2D eigenvalue weighted by atomic mass is 10.1. The summed E-state index contributed by atoms with van der Waals surface area (Å²) in [6, 6.07) is 4.91. The predicted molar refractivity (Wildman–Crippen MR) is 78.9 cm³/mol. The predicted octanol–water partition coefficient (Wildman–Crippen LogP) is 2.81. The zero-order chi connectivity index (χ0) is 14.2. The molecule has 1 aromatic heterocycles. The van der Waals surface area contributed by atoms with Crippen LogP contribution in [-0.4, -0.2) is 26.1 Å². The third-order valence-electron chi connectivity index (χ3n) is 2.44. The zero-order valence-electron chi connectivity index (χ0n) is 10.2. The number of hydrogen-bond donors (Lipinski definition) is 1. The van der Waals surface area contributed by atoms with Gasteiger partial charge in [0.05, 0.1) is 4.90 Å². The van der Waals surface area contributed by atoms with Gasteiger partial charge in [-0.25, -0.2) is 8.42 Å². The lowest BCUT2D eigenvalue weighted by Crippen LogP contribution is -2.00. The van der Waals surface area contributed by atoms with Crippen LogP contribution in [0.1, 0.15) is 0 Å². The Hall–Kier alpha value is -0.990. The molecule has 1 aromatic carbocycles. The molecule has 19 heavy (non-hydrogen) atoms. The van der Waals surface area contributed by atoms with Crippen molar-refractivity contribution in [1.82, 2.24) is 5.16 Å². The first kappa shape index (κ1) is 14.4. The van der Waals surface area contributed by atoms with E-state index >= 15 is 0 Å². The van der Waals surface area contributed by atoms with Crippen LogP contribution in [0.3, 0.4) is 0 Å². The quantitative estimate of drug-likeness (QED) is 0.844. The number of nitrogen functional groups attached to an aromatic ring is 1. The summed E-state index contributed by atoms with van der Waals surface area (Å²) >= 11 is 4.74. The average molecular weight is 363 g/mol. The zero-order valence-corrected chi connectivity index (χ0v) is 13.4. The molecule has 0 atom stereocenters. The smallest absolute Gasteiger partial charge is 0.222 e. The van der Waals surface area contributed by atoms with Crippen molar-refractivity contribution in [2.75, 3.05) is 18.2 Å². The highest BCUT2D eigenvalue weighted by atomic mass is 79.9. The largest absolute Gasteiger partial charge is 0.368 e. The van der Waals surface area contributed by atoms with Crippen LogP contribution < -0.4 is 5.73 Å². The number of thioether (sulfide) groups is 1. The van der Waals surface area contributed by atoms with E-state index in [0.717, 1.165) is 0 Å². The van der Waals surface area contributed by atoms with Gasteiger partial charge in [0.25, 0.3) is 0 Å². The molecular weight excluding hydrogens is 352 g/mol. The van der Waals surface area contributed by atoms with Gasteiger partial charge < -0.3 is 10.3 Å². The second-order valence-corrected chi connectivity index (χ2v) is 7.53. The highest BCUT2D eigenvalue weighted by Crippen LogP contribution is 2.36. The van der Waals surface area contributed by atoms with E-state index in [2.05, 4.69) is 21.1 Å². The van der Waals surface area contributed by atoms with Crippen LogP contribution >= 0.6 is 27.7 Å². The maximum atomic E-state index is 11.9. The van der Waals surface area contributed by atoms with Gasteiger partial charge in [0.2, 0.25) is 5.88 Å². The number of benzene rings is 1. The molecule has 0 spiro atoms. The SMILES string of the molecule is CSc1c(Br)cc(-c2cc(N)on2)cc1S(C)(=O)=O. The van der Waals surface area contributed by atoms with Gasteiger partial charge in [-0.05, 0) is 34.3 Å². The van der Waals surface area contributed by atoms with Gasteiger partial charge in [-0.2, -0.15) is 0 Å². The van der Waals surface area contributed by atoms with E-state index in [-0.39, 0.29) is 10.8 Å². The molecule has 102 valence electrons. The van der Waals surface area contributed by atoms with Crippen molar-refractivity contribution in [3.63, 3.8) is 0 Å². The molecule has 0 amide bonds. The van der Waals surface area contributed by atoms with Crippen LogP contribution in [0.4, 0.5) is 5.88 Å². The Morgan fingerprint density at radius 2 is 2.05 bits per heavy atom. The minimum absolute atomic E-state index is 0.181. The summed E-state index contributed by atoms with van der Waals surface area (Å²) < 4.78 is 29.2. The number of anilines is 1. The van der Waals surface area contributed by atoms with E-state index < -0.39 is 9.84 Å². The Kier molecular flexibility index (Phi) is 3.93. The molecular formula is C11H11BrN2O3S2. The van der Waals surface area contributed by atoms with Crippen molar-refractivity contribution in [1.29, 1.82) is 0 Å². The van der Waals surface area contributed by atoms with Crippen LogP contribution in [0.25, 0.3) is 11.3 Å². The average Bonchev–Trinajstić information content (AvgIpc) is 2.73. The van der Waals surface area contributed by atoms with Crippen LogP contribution in [0, 0.1) is 0 Å². The van der Waals surface area contributed by atoms with E-state index in [0.29, 0.717) is 20.6 Å². The van der Waals surface area contributed by atoms with Crippen molar-refractivity contribution in [2.45, 2.75) is 9.79 Å². The number of nitrogens with two attached hydrogens (primary N) is 1. The van der Waals surface area contributed by atoms with Gasteiger partial charge in [-0.3, -0.25) is 0 Å². The van der Waals surface area contributed by atoms with E-state index in [9.17, 15) is 8.42 Å². The molecule has 0 radical (unpaired) electrons. The third-order valence-corrected chi connectivity index (χ3v) is 5.42. The highest BCUT2D eigenvalue weighted by Gasteiger charge is 2.18. The number of nitrogens with zero attached hydrogens (tertiary/aromatic N) is 1. The maximum Gasteiger partial charge on any atom is 0.222 e. The lowest BCUT2D eigenvalue weighted by molar-refractivity contribution is 0.439. The Bertz CT molecular complexity index is 726. The molecule has 5 nitrogen and oxygen atoms in total. The summed E-state index contributed by atoms with van der Waals surface area (Å²) in [7, 11) is -3.33. The van der Waals surface area contributed by atoms with E-state index in [1.165, 1.54) is 18.0 Å². The molecule has 1 heterocycles. The number of sulfone groups is 1. The van der Waals surface area contributed by atoms with Gasteiger partial charge in [0.1, 0.15) is 5.69 Å². The summed E-state index contributed by atoms with van der Waals surface area (Å²) in [5.74, 6) is 0.181. The maximum absolute atomic E-state index is 11.9. The van der Waals surface area contributed by atoms with Gasteiger partial charge in [0, 0.05) is 27.3 Å². The van der Waals surface area contributed by atoms with Crippen molar-refractivity contribution >= 4 is 43.4 Å². The minimum atomic E-state index is -3.33. The molecule has 0 saturated heterocycles. The van der Waals surface area contributed by atoms with Gasteiger partial charge >= 0.3 is 0 Å². The van der Waals surface area contributed by atoms with E-state index in [1.807, 2.05) is 6.26 Å². The number of rotatable bonds is 3. The van der Waals surface area contributed by atoms with Gasteiger partial charge in [-0.15, -0.1) is 11.8 Å². The molecule has 2 rings (SSSR count). The van der Waals surface area contributed by atoms with Crippen molar-refractivity contribution in [2.24, 2.45) is 0 Å². The fourth-order valence-corrected chi connectivity index (χ4v) is 4.70. The Morgan fingerprint density at radius 1 is 1.37 bits per heavy atom. The molecule has 0 unspecified atom stereocenters. The summed E-state index contributed by atoms with van der Waals surface area (Å²) in [5.41, 5.74) is 6.60. The topological polar surface area (TPSA) is 86.2 Å². The number of halogens is 1. The van der Waals surface area contributed by atoms with E-state index in [1.54, 1.807) is 18.2 Å². The Balaban J connectivity index is 2.70. The normalized spacial score (nSPS) is 11.7. The van der Waals surface area contributed by atoms with Crippen LogP contribution in [0.5, 0.6) is 0 Å². The third kappa shape index (κ3) is 2.96. The lowest BCUT2D eigenvalue weighted by Gasteiger charge is -2.09. The van der Waals surface area contributed by atoms with Crippen LogP contribution in [0.2, 0.25) is 0 Å². The van der Waals surface area contributed by atoms with Gasteiger partial charge in [-0.1, -0.05) is 5.16 Å². The van der Waals surface area contributed by atoms with Crippen molar-refractivity contribution in [3.05, 3.63) is 22.7 Å². The fourth-order valence-electron chi connectivity index (χ4n) is 1.61. The summed E-state index contributed by atoms with van der Waals surface area (Å²) in [6.45, 7) is 0. The van der Waals surface area contributed by atoms with E-state index in [4.69, 9.17) is 10.3 Å². The molecule has 2 N–H and O–H groups in total. The van der Waals surface area contributed by atoms with Crippen molar-refractivity contribution in [3.8, 4) is 11.3 Å². The molecule has 2 aromatic rings. The molecule has 0 fully saturated rings. The highest BCUT2D eigenvalue weighted by molar-refractivity contribution is 9.10. The molecule has 0 aliphatic rings. The number of aromatic nitrogens is 1. The van der Waals surface area contributed by atoms with Gasteiger partial charge in [0.15, 0.2) is 9.84 Å². The van der Waals surface area contributed by atoms with Crippen LogP contribution in [0.15, 0.2) is 37.0 Å². The first-order valence-electron chi connectivity index (χ1n) is 5.13. The molecule has 8 heteroatoms. The summed E-state index contributed by atoms with van der Waals surface area (Å²) in [4.78, 5) is 0.925. The fraction of sp³-hybridized carbons (Fsp3) is 0.182. The first-order chi connectivity index (χ1) is 8.82. The first-order valence-corrected chi connectivity index (χ1v) is 9.04. The summed E-state index contributed by atoms with van der Waals surface area (Å²) in [5, 5.41) is 3.78.